The lowest BCUT2D eigenvalue weighted by atomic mass is 10.0. The number of rotatable bonds is 2. The van der Waals surface area contributed by atoms with E-state index >= 15 is 0 Å². The van der Waals surface area contributed by atoms with Gasteiger partial charge < -0.3 is 10.6 Å². The normalized spacial score (nSPS) is 14.6. The Morgan fingerprint density at radius 1 is 1.00 bits per heavy atom. The van der Waals surface area contributed by atoms with Gasteiger partial charge in [-0.05, 0) is 18.2 Å². The van der Waals surface area contributed by atoms with Gasteiger partial charge in [0.05, 0.1) is 5.70 Å². The number of hydrogen-bond acceptors (Lipinski definition) is 3. The second kappa shape index (κ2) is 5.54. The summed E-state index contributed by atoms with van der Waals surface area (Å²) < 4.78 is 0. The number of fused-ring (bicyclic) bond motifs is 1. The molecular formula is C17H11N3O2. The number of nitrogens with one attached hydrogen (secondary N) is 2. The van der Waals surface area contributed by atoms with E-state index in [1.807, 2.05) is 12.1 Å². The fourth-order valence-electron chi connectivity index (χ4n) is 2.28. The van der Waals surface area contributed by atoms with E-state index in [4.69, 9.17) is 0 Å². The maximum atomic E-state index is 12.3. The predicted molar refractivity (Wildman–Crippen MR) is 81.5 cm³/mol. The molecule has 0 aliphatic carbocycles. The van der Waals surface area contributed by atoms with Crippen LogP contribution in [0.5, 0.6) is 0 Å². The van der Waals surface area contributed by atoms with Gasteiger partial charge in [0, 0.05) is 16.8 Å². The van der Waals surface area contributed by atoms with Crippen LogP contribution in [0, 0.1) is 11.3 Å². The number of para-hydroxylation sites is 1. The summed E-state index contributed by atoms with van der Waals surface area (Å²) in [5.41, 5.74) is 1.72. The van der Waals surface area contributed by atoms with Crippen molar-refractivity contribution in [1.29, 1.82) is 5.26 Å². The van der Waals surface area contributed by atoms with Crippen molar-refractivity contribution >= 4 is 23.2 Å². The lowest BCUT2D eigenvalue weighted by Gasteiger charge is -2.07. The van der Waals surface area contributed by atoms with Gasteiger partial charge in [-0.2, -0.15) is 5.26 Å². The van der Waals surface area contributed by atoms with Crippen molar-refractivity contribution in [2.75, 3.05) is 5.32 Å². The van der Waals surface area contributed by atoms with E-state index in [9.17, 15) is 14.9 Å². The molecular weight excluding hydrogens is 278 g/mol. The van der Waals surface area contributed by atoms with E-state index in [0.29, 0.717) is 16.8 Å². The molecule has 1 heterocycles. The van der Waals surface area contributed by atoms with Crippen molar-refractivity contribution in [3.8, 4) is 6.07 Å². The van der Waals surface area contributed by atoms with E-state index in [-0.39, 0.29) is 17.2 Å². The molecule has 106 valence electrons. The fraction of sp³-hybridized carbons (Fsp3) is 0. The summed E-state index contributed by atoms with van der Waals surface area (Å²) in [5, 5.41) is 14.6. The molecule has 0 saturated carbocycles. The molecule has 0 saturated heterocycles. The van der Waals surface area contributed by atoms with Crippen LogP contribution < -0.4 is 10.6 Å². The molecule has 0 fully saturated rings. The number of anilines is 1. The molecule has 1 aliphatic heterocycles. The van der Waals surface area contributed by atoms with Crippen LogP contribution in [0.2, 0.25) is 0 Å². The molecule has 0 spiro atoms. The zero-order chi connectivity index (χ0) is 15.5. The third-order valence-electron chi connectivity index (χ3n) is 3.30. The summed E-state index contributed by atoms with van der Waals surface area (Å²) in [6.07, 6.45) is 0. The smallest absolute Gasteiger partial charge is 0.268 e. The van der Waals surface area contributed by atoms with Crippen LogP contribution in [-0.4, -0.2) is 11.8 Å². The van der Waals surface area contributed by atoms with Crippen molar-refractivity contribution in [2.45, 2.75) is 0 Å². The standard InChI is InChI=1S/C17H11N3O2/c18-10-14(17(22)19-11-6-2-1-3-7-11)15-12-8-4-5-9-13(12)16(21)20-15/h1-9H,(H,19,22)(H,20,21)/b15-14-. The SMILES string of the molecule is N#C/C(C(=O)Nc1ccccc1)=C1/NC(=O)c2ccccc21. The van der Waals surface area contributed by atoms with E-state index in [1.165, 1.54) is 0 Å². The van der Waals surface area contributed by atoms with Gasteiger partial charge in [0.2, 0.25) is 0 Å². The molecule has 0 unspecified atom stereocenters. The summed E-state index contributed by atoms with van der Waals surface area (Å²) in [4.78, 5) is 24.2. The molecule has 2 amide bonds. The second-order valence-electron chi connectivity index (χ2n) is 4.68. The first kappa shape index (κ1) is 13.6. The zero-order valence-electron chi connectivity index (χ0n) is 11.5. The fourth-order valence-corrected chi connectivity index (χ4v) is 2.28. The van der Waals surface area contributed by atoms with Gasteiger partial charge in [-0.1, -0.05) is 36.4 Å². The Bertz CT molecular complexity index is 832. The third kappa shape index (κ3) is 2.34. The molecule has 0 aromatic heterocycles. The Kier molecular flexibility index (Phi) is 3.42. The van der Waals surface area contributed by atoms with Gasteiger partial charge in [0.15, 0.2) is 0 Å². The summed E-state index contributed by atoms with van der Waals surface area (Å²) in [5.74, 6) is -0.869. The molecule has 0 atom stereocenters. The van der Waals surface area contributed by atoms with Crippen LogP contribution in [0.15, 0.2) is 60.2 Å². The maximum absolute atomic E-state index is 12.3. The van der Waals surface area contributed by atoms with Crippen molar-refractivity contribution in [1.82, 2.24) is 5.32 Å². The Labute approximate surface area is 126 Å². The highest BCUT2D eigenvalue weighted by molar-refractivity contribution is 6.18. The number of benzene rings is 2. The molecule has 0 radical (unpaired) electrons. The van der Waals surface area contributed by atoms with Crippen LogP contribution >= 0.6 is 0 Å². The molecule has 1 aliphatic rings. The van der Waals surface area contributed by atoms with Gasteiger partial charge >= 0.3 is 0 Å². The van der Waals surface area contributed by atoms with Crippen LogP contribution in [0.3, 0.4) is 0 Å². The van der Waals surface area contributed by atoms with Crippen molar-refractivity contribution in [2.24, 2.45) is 0 Å². The Morgan fingerprint density at radius 2 is 1.64 bits per heavy atom. The minimum atomic E-state index is -0.555. The molecule has 5 heteroatoms. The van der Waals surface area contributed by atoms with Gasteiger partial charge in [0.25, 0.3) is 11.8 Å². The lowest BCUT2D eigenvalue weighted by molar-refractivity contribution is -0.112. The minimum Gasteiger partial charge on any atom is -0.321 e. The first-order valence-electron chi connectivity index (χ1n) is 6.62. The monoisotopic (exact) mass is 289 g/mol. The van der Waals surface area contributed by atoms with Gasteiger partial charge in [-0.15, -0.1) is 0 Å². The summed E-state index contributed by atoms with van der Waals surface area (Å²) >= 11 is 0. The highest BCUT2D eigenvalue weighted by Gasteiger charge is 2.28. The first-order valence-corrected chi connectivity index (χ1v) is 6.62. The van der Waals surface area contributed by atoms with E-state index in [1.54, 1.807) is 48.5 Å². The summed E-state index contributed by atoms with van der Waals surface area (Å²) in [7, 11) is 0. The van der Waals surface area contributed by atoms with Gasteiger partial charge in [-0.25, -0.2) is 0 Å². The number of amides is 2. The van der Waals surface area contributed by atoms with E-state index < -0.39 is 5.91 Å². The van der Waals surface area contributed by atoms with E-state index in [0.717, 1.165) is 0 Å². The largest absolute Gasteiger partial charge is 0.321 e. The number of nitrogens with zero attached hydrogens (tertiary/aromatic N) is 1. The van der Waals surface area contributed by atoms with Crippen LogP contribution in [-0.2, 0) is 4.79 Å². The van der Waals surface area contributed by atoms with Crippen molar-refractivity contribution in [3.05, 3.63) is 71.3 Å². The molecule has 3 rings (SSSR count). The van der Waals surface area contributed by atoms with Crippen LogP contribution in [0.4, 0.5) is 5.69 Å². The first-order chi connectivity index (χ1) is 10.7. The minimum absolute atomic E-state index is 0.123. The second-order valence-corrected chi connectivity index (χ2v) is 4.68. The highest BCUT2D eigenvalue weighted by Crippen LogP contribution is 2.27. The Morgan fingerprint density at radius 3 is 2.32 bits per heavy atom. The van der Waals surface area contributed by atoms with E-state index in [2.05, 4.69) is 10.6 Å². The molecule has 2 aromatic rings. The van der Waals surface area contributed by atoms with Crippen molar-refractivity contribution in [3.63, 3.8) is 0 Å². The highest BCUT2D eigenvalue weighted by atomic mass is 16.2. The summed E-state index contributed by atoms with van der Waals surface area (Å²) in [6.45, 7) is 0. The Hall–Kier alpha value is -3.39. The molecule has 5 nitrogen and oxygen atoms in total. The van der Waals surface area contributed by atoms with Gasteiger partial charge in [-0.3, -0.25) is 9.59 Å². The average molecular weight is 289 g/mol. The molecule has 0 bridgehead atoms. The quantitative estimate of drug-likeness (QED) is 0.657. The zero-order valence-corrected chi connectivity index (χ0v) is 11.5. The topological polar surface area (TPSA) is 82.0 Å². The Balaban J connectivity index is 2.00. The number of carbonyl (C=O) groups is 2. The van der Waals surface area contributed by atoms with Crippen LogP contribution in [0.25, 0.3) is 5.70 Å². The molecule has 2 aromatic carbocycles. The maximum Gasteiger partial charge on any atom is 0.268 e. The number of carbonyl (C=O) groups excluding carboxylic acids is 2. The van der Waals surface area contributed by atoms with Crippen molar-refractivity contribution < 1.29 is 9.59 Å². The third-order valence-corrected chi connectivity index (χ3v) is 3.30. The number of nitriles is 1. The number of hydrogen-bond donors (Lipinski definition) is 2. The summed E-state index contributed by atoms with van der Waals surface area (Å²) in [6, 6.07) is 17.6. The molecule has 2 N–H and O–H groups in total. The predicted octanol–water partition coefficient (Wildman–Crippen LogP) is 2.30. The van der Waals surface area contributed by atoms with Crippen LogP contribution in [0.1, 0.15) is 15.9 Å². The van der Waals surface area contributed by atoms with Gasteiger partial charge in [0.1, 0.15) is 11.6 Å². The molecule has 22 heavy (non-hydrogen) atoms. The average Bonchev–Trinajstić information content (AvgIpc) is 2.87. The lowest BCUT2D eigenvalue weighted by Crippen LogP contribution is -2.20.